The predicted octanol–water partition coefficient (Wildman–Crippen LogP) is 7.44. The Hall–Kier alpha value is -4.04. The van der Waals surface area contributed by atoms with E-state index in [1.54, 1.807) is 60.7 Å². The van der Waals surface area contributed by atoms with Gasteiger partial charge in [-0.1, -0.05) is 53.5 Å². The number of carbonyl (C=O) groups is 3. The van der Waals surface area contributed by atoms with Crippen molar-refractivity contribution in [3.63, 3.8) is 0 Å². The van der Waals surface area contributed by atoms with Gasteiger partial charge in [0.25, 0.3) is 11.8 Å². The number of thioether (sulfide) groups is 1. The molecule has 41 heavy (non-hydrogen) atoms. The Balaban J connectivity index is 1.45. The van der Waals surface area contributed by atoms with Crippen LogP contribution in [0, 0.1) is 0 Å². The second-order valence-electron chi connectivity index (χ2n) is 9.18. The predicted molar refractivity (Wildman–Crippen MR) is 169 cm³/mol. The fourth-order valence-corrected chi connectivity index (χ4v) is 4.80. The van der Waals surface area contributed by atoms with Crippen molar-refractivity contribution < 1.29 is 14.4 Å². The Morgan fingerprint density at radius 3 is 2.12 bits per heavy atom. The van der Waals surface area contributed by atoms with Gasteiger partial charge in [0, 0.05) is 41.5 Å². The van der Waals surface area contributed by atoms with Gasteiger partial charge in [-0.2, -0.15) is 0 Å². The molecule has 0 aromatic heterocycles. The molecule has 2 amide bonds. The lowest BCUT2D eigenvalue weighted by molar-refractivity contribution is -0.113. The third kappa shape index (κ3) is 8.47. The molecule has 0 radical (unpaired) electrons. The van der Waals surface area contributed by atoms with Gasteiger partial charge < -0.3 is 15.5 Å². The zero-order valence-corrected chi connectivity index (χ0v) is 24.7. The molecule has 0 aliphatic rings. The van der Waals surface area contributed by atoms with E-state index in [9.17, 15) is 14.4 Å². The third-order valence-electron chi connectivity index (χ3n) is 5.97. The first-order chi connectivity index (χ1) is 19.7. The van der Waals surface area contributed by atoms with Crippen LogP contribution in [0.3, 0.4) is 0 Å². The van der Waals surface area contributed by atoms with E-state index in [1.165, 1.54) is 11.8 Å². The number of amides is 2. The normalized spacial score (nSPS) is 11.1. The molecule has 0 aliphatic carbocycles. The second-order valence-corrected chi connectivity index (χ2v) is 11.0. The van der Waals surface area contributed by atoms with Crippen LogP contribution in [0.5, 0.6) is 0 Å². The van der Waals surface area contributed by atoms with E-state index in [2.05, 4.69) is 10.6 Å². The van der Waals surface area contributed by atoms with Gasteiger partial charge in [0.15, 0.2) is 5.78 Å². The summed E-state index contributed by atoms with van der Waals surface area (Å²) in [6, 6.07) is 28.2. The summed E-state index contributed by atoms with van der Waals surface area (Å²) in [4.78, 5) is 41.5. The number of hydrogen-bond acceptors (Lipinski definition) is 5. The number of hydrogen-bond donors (Lipinski definition) is 2. The van der Waals surface area contributed by atoms with Crippen LogP contribution in [0.4, 0.5) is 11.4 Å². The van der Waals surface area contributed by atoms with Crippen LogP contribution in [0.1, 0.15) is 26.3 Å². The summed E-state index contributed by atoms with van der Waals surface area (Å²) in [6.07, 6.45) is 1.63. The molecule has 0 fully saturated rings. The average molecular weight is 605 g/mol. The lowest BCUT2D eigenvalue weighted by atomic mass is 10.1. The molecular weight excluding hydrogens is 577 g/mol. The Labute approximate surface area is 253 Å². The van der Waals surface area contributed by atoms with Crippen molar-refractivity contribution in [1.82, 2.24) is 5.32 Å². The summed E-state index contributed by atoms with van der Waals surface area (Å²) in [5.41, 5.74) is 3.33. The highest BCUT2D eigenvalue weighted by Gasteiger charge is 2.16. The molecule has 0 spiro atoms. The van der Waals surface area contributed by atoms with Crippen molar-refractivity contribution in [2.45, 2.75) is 4.90 Å². The number of Topliss-reactive ketones (excluding diaryl/α,β-unsaturated/α-hetero) is 1. The van der Waals surface area contributed by atoms with Gasteiger partial charge >= 0.3 is 0 Å². The van der Waals surface area contributed by atoms with E-state index >= 15 is 0 Å². The topological polar surface area (TPSA) is 78.5 Å². The smallest absolute Gasteiger partial charge is 0.272 e. The Bertz CT molecular complexity index is 1570. The van der Waals surface area contributed by atoms with Crippen LogP contribution >= 0.6 is 35.0 Å². The molecule has 4 rings (SSSR count). The third-order valence-corrected chi connectivity index (χ3v) is 7.72. The fraction of sp³-hybridized carbons (Fsp3) is 0.0938. The molecule has 0 unspecified atom stereocenters. The summed E-state index contributed by atoms with van der Waals surface area (Å²) < 4.78 is 0. The first-order valence-electron chi connectivity index (χ1n) is 12.6. The minimum absolute atomic E-state index is 0.0755. The van der Waals surface area contributed by atoms with E-state index in [-0.39, 0.29) is 17.2 Å². The summed E-state index contributed by atoms with van der Waals surface area (Å²) in [5.74, 6) is -0.723. The summed E-state index contributed by atoms with van der Waals surface area (Å²) in [7, 11) is 3.89. The Morgan fingerprint density at radius 1 is 0.805 bits per heavy atom. The molecule has 0 atom stereocenters. The molecule has 0 bridgehead atoms. The molecule has 2 N–H and O–H groups in total. The Kier molecular flexibility index (Phi) is 10.2. The van der Waals surface area contributed by atoms with Crippen molar-refractivity contribution in [1.29, 1.82) is 0 Å². The number of ketones is 1. The quantitative estimate of drug-likeness (QED) is 0.112. The maximum atomic E-state index is 13.3. The maximum absolute atomic E-state index is 13.3. The number of benzene rings is 4. The van der Waals surface area contributed by atoms with Crippen molar-refractivity contribution in [3.05, 3.63) is 129 Å². The van der Waals surface area contributed by atoms with Gasteiger partial charge in [0.1, 0.15) is 5.70 Å². The van der Waals surface area contributed by atoms with Crippen LogP contribution in [-0.4, -0.2) is 37.4 Å². The summed E-state index contributed by atoms with van der Waals surface area (Å²) >= 11 is 13.3. The van der Waals surface area contributed by atoms with Crippen molar-refractivity contribution in [2.24, 2.45) is 0 Å². The lowest BCUT2D eigenvalue weighted by Gasteiger charge is -2.13. The highest BCUT2D eigenvalue weighted by molar-refractivity contribution is 8.00. The molecule has 0 saturated carbocycles. The molecule has 4 aromatic rings. The van der Waals surface area contributed by atoms with Crippen molar-refractivity contribution in [2.75, 3.05) is 30.1 Å². The number of nitrogens with one attached hydrogen (secondary N) is 2. The largest absolute Gasteiger partial charge is 0.378 e. The number of carbonyl (C=O) groups excluding carboxylic acids is 3. The molecule has 0 saturated heterocycles. The number of nitrogens with zero attached hydrogens (tertiary/aromatic N) is 1. The molecule has 0 aliphatic heterocycles. The minimum Gasteiger partial charge on any atom is -0.378 e. The van der Waals surface area contributed by atoms with Gasteiger partial charge in [-0.3, -0.25) is 14.4 Å². The van der Waals surface area contributed by atoms with E-state index in [4.69, 9.17) is 23.2 Å². The first kappa shape index (κ1) is 29.9. The highest BCUT2D eigenvalue weighted by atomic mass is 35.5. The van der Waals surface area contributed by atoms with Gasteiger partial charge in [0.05, 0.1) is 15.8 Å². The SMILES string of the molecule is CN(C)c1ccc(/C=C(\NC(=O)c2ccccc2)C(=O)Nc2ccc(SCC(=O)c3ccc(Cl)c(Cl)c3)cc2)cc1. The van der Waals surface area contributed by atoms with Gasteiger partial charge in [-0.25, -0.2) is 0 Å². The van der Waals surface area contributed by atoms with E-state index in [0.29, 0.717) is 26.9 Å². The molecule has 208 valence electrons. The van der Waals surface area contributed by atoms with Gasteiger partial charge in [-0.15, -0.1) is 11.8 Å². The van der Waals surface area contributed by atoms with Crippen LogP contribution in [-0.2, 0) is 4.79 Å². The number of halogens is 2. The monoisotopic (exact) mass is 603 g/mol. The molecule has 6 nitrogen and oxygen atoms in total. The average Bonchev–Trinajstić information content (AvgIpc) is 2.98. The first-order valence-corrected chi connectivity index (χ1v) is 14.3. The number of rotatable bonds is 10. The van der Waals surface area contributed by atoms with Gasteiger partial charge in [0.2, 0.25) is 0 Å². The fourth-order valence-electron chi connectivity index (χ4n) is 3.71. The standard InChI is InChI=1S/C32H27Cl2N3O3S/c1-37(2)25-13-8-21(9-14-25)18-29(36-31(39)22-6-4-3-5-7-22)32(40)35-24-11-15-26(16-12-24)41-20-30(38)23-10-17-27(33)28(34)19-23/h3-19H,20H2,1-2H3,(H,35,40)(H,36,39)/b29-18-. The van der Waals surface area contributed by atoms with Crippen LogP contribution in [0.15, 0.2) is 108 Å². The van der Waals surface area contributed by atoms with E-state index in [1.807, 2.05) is 61.5 Å². The minimum atomic E-state index is -0.471. The molecule has 0 heterocycles. The summed E-state index contributed by atoms with van der Waals surface area (Å²) in [6.45, 7) is 0. The summed E-state index contributed by atoms with van der Waals surface area (Å²) in [5, 5.41) is 6.32. The van der Waals surface area contributed by atoms with E-state index < -0.39 is 11.8 Å². The zero-order chi connectivity index (χ0) is 29.4. The second kappa shape index (κ2) is 14.0. The van der Waals surface area contributed by atoms with Crippen LogP contribution in [0.25, 0.3) is 6.08 Å². The molecule has 9 heteroatoms. The maximum Gasteiger partial charge on any atom is 0.272 e. The van der Waals surface area contributed by atoms with Crippen LogP contribution in [0.2, 0.25) is 10.0 Å². The molecular formula is C32H27Cl2N3O3S. The zero-order valence-electron chi connectivity index (χ0n) is 22.4. The Morgan fingerprint density at radius 2 is 1.49 bits per heavy atom. The van der Waals surface area contributed by atoms with Crippen molar-refractivity contribution in [3.8, 4) is 0 Å². The lowest BCUT2D eigenvalue weighted by Crippen LogP contribution is -2.30. The number of anilines is 2. The van der Waals surface area contributed by atoms with Gasteiger partial charge in [-0.05, 0) is 78.4 Å². The van der Waals surface area contributed by atoms with E-state index in [0.717, 1.165) is 16.1 Å². The molecule has 4 aromatic carbocycles. The highest BCUT2D eigenvalue weighted by Crippen LogP contribution is 2.25. The van der Waals surface area contributed by atoms with Crippen LogP contribution < -0.4 is 15.5 Å². The van der Waals surface area contributed by atoms with Crippen molar-refractivity contribution >= 4 is 70.0 Å².